The van der Waals surface area contributed by atoms with Crippen LogP contribution in [0.3, 0.4) is 0 Å². The number of aryl methyl sites for hydroxylation is 1. The van der Waals surface area contributed by atoms with E-state index in [0.717, 1.165) is 37.5 Å². The van der Waals surface area contributed by atoms with Gasteiger partial charge in [0.05, 0.1) is 0 Å². The van der Waals surface area contributed by atoms with Crippen LogP contribution in [-0.4, -0.2) is 64.0 Å². The van der Waals surface area contributed by atoms with Gasteiger partial charge in [-0.15, -0.1) is 11.3 Å². The van der Waals surface area contributed by atoms with Gasteiger partial charge in [0, 0.05) is 43.6 Å². The molecule has 0 saturated carbocycles. The van der Waals surface area contributed by atoms with Gasteiger partial charge in [-0.2, -0.15) is 0 Å². The Morgan fingerprint density at radius 1 is 1.29 bits per heavy atom. The smallest absolute Gasteiger partial charge is 0.250 e. The highest BCUT2D eigenvalue weighted by Crippen LogP contribution is 2.21. The largest absolute Gasteiger partial charge is 0.304 e. The van der Waals surface area contributed by atoms with Crippen molar-refractivity contribution in [1.82, 2.24) is 14.5 Å². The molecule has 1 unspecified atom stereocenters. The molecule has 0 spiro atoms. The van der Waals surface area contributed by atoms with Crippen LogP contribution >= 0.6 is 11.3 Å². The normalized spacial score (nSPS) is 19.8. The molecule has 1 aromatic rings. The first-order chi connectivity index (χ1) is 9.92. The van der Waals surface area contributed by atoms with Crippen LogP contribution < -0.4 is 4.72 Å². The fourth-order valence-corrected chi connectivity index (χ4v) is 4.85. The molecule has 2 heterocycles. The minimum Gasteiger partial charge on any atom is -0.304 e. The van der Waals surface area contributed by atoms with Crippen LogP contribution in [0.1, 0.15) is 18.7 Å². The van der Waals surface area contributed by atoms with E-state index >= 15 is 0 Å². The maximum absolute atomic E-state index is 12.3. The van der Waals surface area contributed by atoms with Crippen LogP contribution in [0.4, 0.5) is 0 Å². The number of nitrogens with one attached hydrogen (secondary N) is 1. The summed E-state index contributed by atoms with van der Waals surface area (Å²) in [5.41, 5.74) is 0. The minimum atomic E-state index is -3.36. The van der Waals surface area contributed by atoms with Crippen molar-refractivity contribution in [3.63, 3.8) is 0 Å². The van der Waals surface area contributed by atoms with Crippen LogP contribution in [0.15, 0.2) is 16.3 Å². The summed E-state index contributed by atoms with van der Waals surface area (Å²) in [5.74, 6) is 0. The van der Waals surface area contributed by atoms with Crippen LogP contribution in [0, 0.1) is 0 Å². The van der Waals surface area contributed by atoms with Gasteiger partial charge < -0.3 is 4.90 Å². The minimum absolute atomic E-state index is 0.221. The summed E-state index contributed by atoms with van der Waals surface area (Å²) < 4.78 is 27.7. The lowest BCUT2D eigenvalue weighted by molar-refractivity contribution is 0.120. The van der Waals surface area contributed by atoms with E-state index < -0.39 is 10.0 Å². The molecule has 0 bridgehead atoms. The quantitative estimate of drug-likeness (QED) is 0.852. The first kappa shape index (κ1) is 16.9. The van der Waals surface area contributed by atoms with Gasteiger partial charge in [-0.25, -0.2) is 13.1 Å². The third kappa shape index (κ3) is 4.50. The Kier molecular flexibility index (Phi) is 5.79. The second-order valence-electron chi connectivity index (χ2n) is 5.61. The van der Waals surface area contributed by atoms with Crippen molar-refractivity contribution >= 4 is 21.4 Å². The van der Waals surface area contributed by atoms with Gasteiger partial charge in [0.1, 0.15) is 4.21 Å². The van der Waals surface area contributed by atoms with Gasteiger partial charge in [0.15, 0.2) is 0 Å². The lowest BCUT2D eigenvalue weighted by atomic mass is 10.2. The second-order valence-corrected chi connectivity index (χ2v) is 8.78. The Hall–Kier alpha value is -0.470. The number of sulfonamides is 1. The van der Waals surface area contributed by atoms with Crippen molar-refractivity contribution in [2.45, 2.75) is 30.5 Å². The van der Waals surface area contributed by atoms with Crippen molar-refractivity contribution in [3.05, 3.63) is 17.0 Å². The predicted molar refractivity (Wildman–Crippen MR) is 87.4 cm³/mol. The number of piperazine rings is 1. The summed E-state index contributed by atoms with van der Waals surface area (Å²) in [6, 6.07) is 3.81. The molecule has 0 radical (unpaired) electrons. The Morgan fingerprint density at radius 2 is 1.95 bits per heavy atom. The maximum atomic E-state index is 12.3. The molecule has 7 heteroatoms. The molecule has 1 fully saturated rings. The zero-order chi connectivity index (χ0) is 15.5. The highest BCUT2D eigenvalue weighted by molar-refractivity contribution is 7.91. The van der Waals surface area contributed by atoms with Crippen molar-refractivity contribution in [1.29, 1.82) is 0 Å². The Labute approximate surface area is 132 Å². The molecule has 1 atom stereocenters. The zero-order valence-electron chi connectivity index (χ0n) is 13.0. The molecular weight excluding hydrogens is 306 g/mol. The average Bonchev–Trinajstić information content (AvgIpc) is 2.95. The monoisotopic (exact) mass is 331 g/mol. The fraction of sp³-hybridized carbons (Fsp3) is 0.714. The lowest BCUT2D eigenvalue weighted by Gasteiger charge is -2.36. The van der Waals surface area contributed by atoms with Crippen molar-refractivity contribution in [2.24, 2.45) is 0 Å². The van der Waals surface area contributed by atoms with Crippen molar-refractivity contribution in [3.8, 4) is 0 Å². The summed E-state index contributed by atoms with van der Waals surface area (Å²) in [6.07, 6.45) is 0.873. The van der Waals surface area contributed by atoms with Gasteiger partial charge >= 0.3 is 0 Å². The van der Waals surface area contributed by atoms with E-state index in [2.05, 4.69) is 28.5 Å². The van der Waals surface area contributed by atoms with Gasteiger partial charge in [0.25, 0.3) is 0 Å². The van der Waals surface area contributed by atoms with Crippen LogP contribution in [-0.2, 0) is 16.4 Å². The van der Waals surface area contributed by atoms with Gasteiger partial charge in [-0.1, -0.05) is 6.92 Å². The Bertz CT molecular complexity index is 548. The first-order valence-corrected chi connectivity index (χ1v) is 9.73. The summed E-state index contributed by atoms with van der Waals surface area (Å²) in [6.45, 7) is 8.66. The van der Waals surface area contributed by atoms with E-state index in [1.807, 2.05) is 13.0 Å². The van der Waals surface area contributed by atoms with E-state index in [-0.39, 0.29) is 6.04 Å². The van der Waals surface area contributed by atoms with Gasteiger partial charge in [-0.05, 0) is 32.5 Å². The number of hydrogen-bond acceptors (Lipinski definition) is 5. The third-order valence-corrected chi connectivity index (χ3v) is 7.13. The van der Waals surface area contributed by atoms with Crippen molar-refractivity contribution in [2.75, 3.05) is 39.8 Å². The fourth-order valence-electron chi connectivity index (χ4n) is 2.39. The van der Waals surface area contributed by atoms with E-state index in [9.17, 15) is 8.42 Å². The summed E-state index contributed by atoms with van der Waals surface area (Å²) in [4.78, 5) is 5.74. The van der Waals surface area contributed by atoms with E-state index in [1.54, 1.807) is 6.07 Å². The Balaban J connectivity index is 1.89. The highest BCUT2D eigenvalue weighted by atomic mass is 32.2. The Morgan fingerprint density at radius 3 is 2.52 bits per heavy atom. The van der Waals surface area contributed by atoms with E-state index in [4.69, 9.17) is 0 Å². The van der Waals surface area contributed by atoms with Crippen LogP contribution in [0.5, 0.6) is 0 Å². The topological polar surface area (TPSA) is 52.7 Å². The molecule has 1 aliphatic heterocycles. The second kappa shape index (κ2) is 7.19. The molecule has 120 valence electrons. The van der Waals surface area contributed by atoms with Crippen LogP contribution in [0.25, 0.3) is 0 Å². The van der Waals surface area contributed by atoms with Crippen LogP contribution in [0.2, 0.25) is 0 Å². The average molecular weight is 332 g/mol. The molecular formula is C14H25N3O2S2. The van der Waals surface area contributed by atoms with Gasteiger partial charge in [-0.3, -0.25) is 4.90 Å². The molecule has 2 rings (SSSR count). The SMILES string of the molecule is CCc1ccc(S(=O)(=O)NCC(C)N2CCN(C)CC2)s1. The van der Waals surface area contributed by atoms with Gasteiger partial charge in [0.2, 0.25) is 10.0 Å². The number of likely N-dealkylation sites (N-methyl/N-ethyl adjacent to an activating group) is 1. The molecule has 1 N–H and O–H groups in total. The molecule has 1 saturated heterocycles. The molecule has 0 aliphatic carbocycles. The maximum Gasteiger partial charge on any atom is 0.250 e. The molecule has 21 heavy (non-hydrogen) atoms. The molecule has 5 nitrogen and oxygen atoms in total. The lowest BCUT2D eigenvalue weighted by Crippen LogP contribution is -2.51. The summed E-state index contributed by atoms with van der Waals surface area (Å²) in [7, 11) is -1.24. The molecule has 1 aromatic heterocycles. The number of nitrogens with zero attached hydrogens (tertiary/aromatic N) is 2. The standard InChI is InChI=1S/C14H25N3O2S2/c1-4-13-5-6-14(20-13)21(18,19)15-11-12(2)17-9-7-16(3)8-10-17/h5-6,12,15H,4,7-11H2,1-3H3. The number of thiophene rings is 1. The third-order valence-electron chi connectivity index (χ3n) is 3.98. The number of hydrogen-bond donors (Lipinski definition) is 1. The number of rotatable bonds is 6. The van der Waals surface area contributed by atoms with Crippen molar-refractivity contribution < 1.29 is 8.42 Å². The summed E-state index contributed by atoms with van der Waals surface area (Å²) >= 11 is 1.36. The zero-order valence-corrected chi connectivity index (χ0v) is 14.6. The van der Waals surface area contributed by atoms with E-state index in [1.165, 1.54) is 11.3 Å². The summed E-state index contributed by atoms with van der Waals surface area (Å²) in [5, 5.41) is 0. The first-order valence-electron chi connectivity index (χ1n) is 7.43. The molecule has 1 aliphatic rings. The predicted octanol–water partition coefficient (Wildman–Crippen LogP) is 1.22. The highest BCUT2D eigenvalue weighted by Gasteiger charge is 2.22. The molecule has 0 aromatic carbocycles. The molecule has 0 amide bonds. The van der Waals surface area contributed by atoms with E-state index in [0.29, 0.717) is 10.8 Å².